The molecule has 6 heteroatoms. The minimum absolute atomic E-state index is 0.740. The second-order valence-electron chi connectivity index (χ2n) is 5.99. The summed E-state index contributed by atoms with van der Waals surface area (Å²) < 4.78 is 3.15. The Kier molecular flexibility index (Phi) is 2.96. The summed E-state index contributed by atoms with van der Waals surface area (Å²) in [5.74, 6) is 0. The van der Waals surface area contributed by atoms with E-state index in [-0.39, 0.29) is 0 Å². The first kappa shape index (κ1) is 12.6. The number of rotatable bonds is 1. The SMILES string of the molecule is Cc1nn(C)c2nc(N3CCN4CCCC[C@@H]4C3)sc12. The van der Waals surface area contributed by atoms with Crippen LogP contribution in [0.4, 0.5) is 5.13 Å². The van der Waals surface area contributed by atoms with Crippen molar-refractivity contribution in [3.05, 3.63) is 5.69 Å². The number of fused-ring (bicyclic) bond motifs is 2. The summed E-state index contributed by atoms with van der Waals surface area (Å²) in [5, 5.41) is 5.62. The highest BCUT2D eigenvalue weighted by Crippen LogP contribution is 2.32. The van der Waals surface area contributed by atoms with Gasteiger partial charge in [0.25, 0.3) is 0 Å². The molecule has 0 unspecified atom stereocenters. The van der Waals surface area contributed by atoms with Gasteiger partial charge in [-0.1, -0.05) is 17.8 Å². The molecule has 0 amide bonds. The molecule has 2 aliphatic heterocycles. The minimum Gasteiger partial charge on any atom is -0.345 e. The van der Waals surface area contributed by atoms with Crippen molar-refractivity contribution < 1.29 is 0 Å². The Morgan fingerprint density at radius 1 is 1.20 bits per heavy atom. The van der Waals surface area contributed by atoms with Crippen molar-refractivity contribution >= 4 is 26.8 Å². The van der Waals surface area contributed by atoms with E-state index in [4.69, 9.17) is 4.98 Å². The molecular weight excluding hydrogens is 270 g/mol. The average molecular weight is 291 g/mol. The van der Waals surface area contributed by atoms with E-state index in [9.17, 15) is 0 Å². The Morgan fingerprint density at radius 2 is 2.10 bits per heavy atom. The molecule has 2 saturated heterocycles. The zero-order valence-electron chi connectivity index (χ0n) is 12.2. The summed E-state index contributed by atoms with van der Waals surface area (Å²) in [5.41, 5.74) is 2.14. The van der Waals surface area contributed by atoms with Crippen LogP contribution in [0.5, 0.6) is 0 Å². The van der Waals surface area contributed by atoms with Crippen LogP contribution in [0.25, 0.3) is 10.3 Å². The quantitative estimate of drug-likeness (QED) is 0.805. The largest absolute Gasteiger partial charge is 0.345 e. The molecule has 2 aromatic rings. The molecule has 2 fully saturated rings. The number of aryl methyl sites for hydroxylation is 2. The van der Waals surface area contributed by atoms with Crippen molar-refractivity contribution in [2.75, 3.05) is 31.1 Å². The van der Waals surface area contributed by atoms with Gasteiger partial charge in [-0.2, -0.15) is 5.10 Å². The summed E-state index contributed by atoms with van der Waals surface area (Å²) in [6, 6.07) is 0.740. The van der Waals surface area contributed by atoms with Gasteiger partial charge in [-0.05, 0) is 26.3 Å². The van der Waals surface area contributed by atoms with Crippen molar-refractivity contribution in [1.82, 2.24) is 19.7 Å². The topological polar surface area (TPSA) is 37.2 Å². The second kappa shape index (κ2) is 4.70. The van der Waals surface area contributed by atoms with Gasteiger partial charge in [0.15, 0.2) is 10.8 Å². The fraction of sp³-hybridized carbons (Fsp3) is 0.714. The van der Waals surface area contributed by atoms with Crippen LogP contribution in [0.15, 0.2) is 0 Å². The molecule has 20 heavy (non-hydrogen) atoms. The smallest absolute Gasteiger partial charge is 0.188 e. The maximum atomic E-state index is 4.82. The number of hydrogen-bond acceptors (Lipinski definition) is 5. The fourth-order valence-corrected chi connectivity index (χ4v) is 4.61. The molecule has 5 nitrogen and oxygen atoms in total. The van der Waals surface area contributed by atoms with E-state index in [0.29, 0.717) is 0 Å². The van der Waals surface area contributed by atoms with Crippen molar-refractivity contribution in [2.45, 2.75) is 32.2 Å². The lowest BCUT2D eigenvalue weighted by atomic mass is 10.00. The molecule has 0 radical (unpaired) electrons. The zero-order chi connectivity index (χ0) is 13.7. The number of piperidine rings is 1. The van der Waals surface area contributed by atoms with Crippen molar-refractivity contribution in [3.63, 3.8) is 0 Å². The highest BCUT2D eigenvalue weighted by Gasteiger charge is 2.30. The Morgan fingerprint density at radius 3 is 2.95 bits per heavy atom. The zero-order valence-corrected chi connectivity index (χ0v) is 13.0. The number of piperazine rings is 1. The molecular formula is C14H21N5S. The molecule has 4 heterocycles. The van der Waals surface area contributed by atoms with E-state index >= 15 is 0 Å². The van der Waals surface area contributed by atoms with Crippen LogP contribution in [-0.2, 0) is 7.05 Å². The van der Waals surface area contributed by atoms with E-state index in [1.807, 2.05) is 11.7 Å². The molecule has 4 rings (SSSR count). The first-order valence-corrected chi connectivity index (χ1v) is 8.33. The number of nitrogens with zero attached hydrogens (tertiary/aromatic N) is 5. The Bertz CT molecular complexity index is 596. The summed E-state index contributed by atoms with van der Waals surface area (Å²) in [7, 11) is 1.98. The van der Waals surface area contributed by atoms with Crippen LogP contribution in [0, 0.1) is 6.92 Å². The van der Waals surface area contributed by atoms with Gasteiger partial charge in [0.05, 0.1) is 10.4 Å². The third kappa shape index (κ3) is 1.93. The monoisotopic (exact) mass is 291 g/mol. The van der Waals surface area contributed by atoms with Crippen molar-refractivity contribution in [3.8, 4) is 0 Å². The van der Waals surface area contributed by atoms with Gasteiger partial charge in [0.2, 0.25) is 0 Å². The Balaban J connectivity index is 1.61. The van der Waals surface area contributed by atoms with Crippen LogP contribution in [-0.4, -0.2) is 51.9 Å². The molecule has 2 aliphatic rings. The average Bonchev–Trinajstić information content (AvgIpc) is 3.01. The summed E-state index contributed by atoms with van der Waals surface area (Å²) in [6.45, 7) is 6.82. The minimum atomic E-state index is 0.740. The fourth-order valence-electron chi connectivity index (χ4n) is 3.54. The first-order valence-electron chi connectivity index (χ1n) is 7.51. The molecule has 108 valence electrons. The van der Waals surface area contributed by atoms with E-state index < -0.39 is 0 Å². The first-order chi connectivity index (χ1) is 9.72. The molecule has 0 saturated carbocycles. The number of hydrogen-bond donors (Lipinski definition) is 0. The predicted molar refractivity (Wildman–Crippen MR) is 82.5 cm³/mol. The highest BCUT2D eigenvalue weighted by molar-refractivity contribution is 7.22. The van der Waals surface area contributed by atoms with Crippen molar-refractivity contribution in [2.24, 2.45) is 7.05 Å². The van der Waals surface area contributed by atoms with E-state index in [2.05, 4.69) is 21.8 Å². The number of aromatic nitrogens is 3. The molecule has 0 aromatic carbocycles. The third-order valence-electron chi connectivity index (χ3n) is 4.64. The lowest BCUT2D eigenvalue weighted by Gasteiger charge is -2.43. The molecule has 0 spiro atoms. The molecule has 0 N–H and O–H groups in total. The van der Waals surface area contributed by atoms with Crippen LogP contribution in [0.1, 0.15) is 25.0 Å². The maximum absolute atomic E-state index is 4.82. The van der Waals surface area contributed by atoms with Crippen LogP contribution in [0.3, 0.4) is 0 Å². The predicted octanol–water partition coefficient (Wildman–Crippen LogP) is 2.01. The standard InChI is InChI=1S/C14H21N5S/c1-10-12-13(17(2)16-10)15-14(20-12)19-8-7-18-6-4-3-5-11(18)9-19/h11H,3-9H2,1-2H3/t11-/m1/s1. The number of thiazole rings is 1. The van der Waals surface area contributed by atoms with Gasteiger partial charge in [0, 0.05) is 32.7 Å². The van der Waals surface area contributed by atoms with E-state index in [1.54, 1.807) is 11.3 Å². The van der Waals surface area contributed by atoms with Gasteiger partial charge < -0.3 is 4.90 Å². The molecule has 0 bridgehead atoms. The van der Waals surface area contributed by atoms with Gasteiger partial charge >= 0.3 is 0 Å². The lowest BCUT2D eigenvalue weighted by Crippen LogP contribution is -2.54. The summed E-state index contributed by atoms with van der Waals surface area (Å²) in [6.07, 6.45) is 4.11. The van der Waals surface area contributed by atoms with Gasteiger partial charge in [-0.25, -0.2) is 9.67 Å². The van der Waals surface area contributed by atoms with Gasteiger partial charge in [-0.15, -0.1) is 0 Å². The normalized spacial score (nSPS) is 24.3. The van der Waals surface area contributed by atoms with Crippen LogP contribution in [0.2, 0.25) is 0 Å². The van der Waals surface area contributed by atoms with E-state index in [0.717, 1.165) is 30.5 Å². The van der Waals surface area contributed by atoms with E-state index in [1.165, 1.54) is 42.2 Å². The Labute approximate surface area is 123 Å². The molecule has 1 atom stereocenters. The van der Waals surface area contributed by atoms with Gasteiger partial charge in [0.1, 0.15) is 0 Å². The number of anilines is 1. The second-order valence-corrected chi connectivity index (χ2v) is 6.97. The van der Waals surface area contributed by atoms with Crippen molar-refractivity contribution in [1.29, 1.82) is 0 Å². The Hall–Kier alpha value is -1.14. The lowest BCUT2D eigenvalue weighted by molar-refractivity contribution is 0.133. The van der Waals surface area contributed by atoms with Crippen LogP contribution >= 0.6 is 11.3 Å². The third-order valence-corrected chi connectivity index (χ3v) is 5.86. The molecule has 2 aromatic heterocycles. The molecule has 0 aliphatic carbocycles. The highest BCUT2D eigenvalue weighted by atomic mass is 32.1. The summed E-state index contributed by atoms with van der Waals surface area (Å²) >= 11 is 1.80. The van der Waals surface area contributed by atoms with Crippen LogP contribution < -0.4 is 4.90 Å². The summed E-state index contributed by atoms with van der Waals surface area (Å²) in [4.78, 5) is 9.97. The van der Waals surface area contributed by atoms with Gasteiger partial charge in [-0.3, -0.25) is 4.90 Å². The maximum Gasteiger partial charge on any atom is 0.188 e.